The molecule has 5 unspecified atom stereocenters. The molecular weight excluding hydrogens is 240 g/mol. The second kappa shape index (κ2) is 4.94. The average Bonchev–Trinajstić information content (AvgIpc) is 2.17. The Balaban J connectivity index is 2.85. The third-order valence-electron chi connectivity index (χ3n) is 2.70. The Morgan fingerprint density at radius 2 is 1.88 bits per heavy atom. The molecule has 0 bridgehead atoms. The lowest BCUT2D eigenvalue weighted by Crippen LogP contribution is -2.54. The predicted octanol–water partition coefficient (Wildman–Crippen LogP) is -0.437. The molecule has 8 heteroatoms. The molecule has 0 radical (unpaired) electrons. The Kier molecular flexibility index (Phi) is 4.27. The predicted molar refractivity (Wildman–Crippen MR) is 52.9 cm³/mol. The second-order valence-corrected chi connectivity index (χ2v) is 4.83. The lowest BCUT2D eigenvalue weighted by Gasteiger charge is -2.40. The van der Waals surface area contributed by atoms with Gasteiger partial charge in [0.2, 0.25) is 0 Å². The van der Waals surface area contributed by atoms with Crippen molar-refractivity contribution in [2.24, 2.45) is 5.92 Å². The highest BCUT2D eigenvalue weighted by Crippen LogP contribution is 2.28. The van der Waals surface area contributed by atoms with Gasteiger partial charge in [0, 0.05) is 13.0 Å². The molecule has 1 heterocycles. The van der Waals surface area contributed by atoms with E-state index in [0.29, 0.717) is 0 Å². The van der Waals surface area contributed by atoms with Crippen molar-refractivity contribution in [1.82, 2.24) is 0 Å². The zero-order valence-electron chi connectivity index (χ0n) is 9.23. The first-order valence-corrected chi connectivity index (χ1v) is 6.15. The number of hydrogen-bond acceptors (Lipinski definition) is 6. The van der Waals surface area contributed by atoms with Gasteiger partial charge in [-0.3, -0.25) is 4.55 Å². The van der Waals surface area contributed by atoms with E-state index in [1.807, 2.05) is 0 Å². The maximum atomic E-state index is 10.6. The number of aliphatic hydroxyl groups excluding tert-OH is 1. The molecule has 1 rings (SSSR count). The fourth-order valence-corrected chi connectivity index (χ4v) is 2.07. The number of methoxy groups -OCH3 is 1. The highest BCUT2D eigenvalue weighted by atomic mass is 32.3. The van der Waals surface area contributed by atoms with E-state index in [1.54, 1.807) is 13.8 Å². The molecule has 0 aromatic rings. The van der Waals surface area contributed by atoms with Crippen molar-refractivity contribution in [3.8, 4) is 0 Å². The van der Waals surface area contributed by atoms with Crippen LogP contribution in [0.5, 0.6) is 0 Å². The van der Waals surface area contributed by atoms with Gasteiger partial charge in [0.15, 0.2) is 12.4 Å². The summed E-state index contributed by atoms with van der Waals surface area (Å²) >= 11 is 0. The maximum absolute atomic E-state index is 10.6. The monoisotopic (exact) mass is 256 g/mol. The molecule has 5 atom stereocenters. The van der Waals surface area contributed by atoms with Gasteiger partial charge in [-0.2, -0.15) is 8.42 Å². The van der Waals surface area contributed by atoms with Crippen molar-refractivity contribution in [2.75, 3.05) is 7.11 Å². The van der Waals surface area contributed by atoms with Crippen molar-refractivity contribution in [2.45, 2.75) is 38.4 Å². The van der Waals surface area contributed by atoms with Gasteiger partial charge in [0.25, 0.3) is 0 Å². The standard InChI is InChI=1S/C8H16O7S/c1-4-5(2)14-8(13-3)7(6(4)9)15-16(10,11)12/h4-9H,1-3H3,(H,10,11,12). The molecular formula is C8H16O7S. The summed E-state index contributed by atoms with van der Waals surface area (Å²) in [6.07, 6.45) is -3.72. The van der Waals surface area contributed by atoms with Crippen LogP contribution in [0.1, 0.15) is 13.8 Å². The minimum absolute atomic E-state index is 0.304. The number of aliphatic hydroxyl groups is 1. The highest BCUT2D eigenvalue weighted by molar-refractivity contribution is 7.80. The van der Waals surface area contributed by atoms with Crippen LogP contribution in [0.15, 0.2) is 0 Å². The van der Waals surface area contributed by atoms with Gasteiger partial charge < -0.3 is 14.6 Å². The molecule has 0 saturated carbocycles. The van der Waals surface area contributed by atoms with Gasteiger partial charge in [-0.05, 0) is 6.92 Å². The summed E-state index contributed by atoms with van der Waals surface area (Å²) in [5.74, 6) is -0.335. The molecule has 0 amide bonds. The van der Waals surface area contributed by atoms with Gasteiger partial charge in [-0.25, -0.2) is 4.18 Å². The number of ether oxygens (including phenoxy) is 2. The Labute approximate surface area is 94.3 Å². The normalized spacial score (nSPS) is 40.9. The van der Waals surface area contributed by atoms with Gasteiger partial charge in [-0.15, -0.1) is 0 Å². The van der Waals surface area contributed by atoms with Crippen LogP contribution in [-0.2, 0) is 24.1 Å². The molecule has 0 aromatic carbocycles. The molecule has 96 valence electrons. The van der Waals surface area contributed by atoms with Gasteiger partial charge in [-0.1, -0.05) is 6.92 Å². The van der Waals surface area contributed by atoms with Crippen LogP contribution in [0.4, 0.5) is 0 Å². The molecule has 1 saturated heterocycles. The minimum Gasteiger partial charge on any atom is -0.390 e. The minimum atomic E-state index is -4.66. The third-order valence-corrected chi connectivity index (χ3v) is 3.16. The van der Waals surface area contributed by atoms with E-state index >= 15 is 0 Å². The van der Waals surface area contributed by atoms with E-state index in [-0.39, 0.29) is 12.0 Å². The lowest BCUT2D eigenvalue weighted by atomic mass is 9.92. The Morgan fingerprint density at radius 3 is 2.31 bits per heavy atom. The largest absolute Gasteiger partial charge is 0.397 e. The summed E-state index contributed by atoms with van der Waals surface area (Å²) < 4.78 is 44.3. The smallest absolute Gasteiger partial charge is 0.390 e. The molecule has 0 aromatic heterocycles. The highest BCUT2D eigenvalue weighted by Gasteiger charge is 2.44. The van der Waals surface area contributed by atoms with Gasteiger partial charge in [0.05, 0.1) is 12.2 Å². The Bertz CT molecular complexity index is 325. The zero-order valence-corrected chi connectivity index (χ0v) is 10.0. The van der Waals surface area contributed by atoms with Crippen LogP contribution in [0.2, 0.25) is 0 Å². The third kappa shape index (κ3) is 3.12. The Hall–Kier alpha value is -0.250. The molecule has 0 spiro atoms. The molecule has 1 aliphatic heterocycles. The van der Waals surface area contributed by atoms with Crippen LogP contribution in [0.25, 0.3) is 0 Å². The molecule has 1 aliphatic rings. The van der Waals surface area contributed by atoms with E-state index in [9.17, 15) is 13.5 Å². The van der Waals surface area contributed by atoms with Crippen molar-refractivity contribution in [1.29, 1.82) is 0 Å². The molecule has 1 fully saturated rings. The SMILES string of the molecule is COC1OC(C)C(C)C(O)C1OS(=O)(=O)O. The van der Waals surface area contributed by atoms with Crippen molar-refractivity contribution in [3.63, 3.8) is 0 Å². The van der Waals surface area contributed by atoms with Gasteiger partial charge in [0.1, 0.15) is 0 Å². The van der Waals surface area contributed by atoms with Crippen molar-refractivity contribution >= 4 is 10.4 Å². The van der Waals surface area contributed by atoms with Crippen LogP contribution < -0.4 is 0 Å². The molecule has 0 aliphatic carbocycles. The van der Waals surface area contributed by atoms with Gasteiger partial charge >= 0.3 is 10.4 Å². The van der Waals surface area contributed by atoms with Crippen molar-refractivity contribution in [3.05, 3.63) is 0 Å². The molecule has 7 nitrogen and oxygen atoms in total. The number of rotatable bonds is 3. The zero-order chi connectivity index (χ0) is 12.5. The summed E-state index contributed by atoms with van der Waals surface area (Å²) in [6, 6.07) is 0. The summed E-state index contributed by atoms with van der Waals surface area (Å²) in [7, 11) is -3.37. The van der Waals surface area contributed by atoms with Crippen molar-refractivity contribution < 1.29 is 31.7 Å². The van der Waals surface area contributed by atoms with E-state index in [2.05, 4.69) is 4.18 Å². The van der Waals surface area contributed by atoms with Crippen LogP contribution >= 0.6 is 0 Å². The quantitative estimate of drug-likeness (QED) is 0.660. The molecule has 2 N–H and O–H groups in total. The second-order valence-electron chi connectivity index (χ2n) is 3.78. The van der Waals surface area contributed by atoms with E-state index in [0.717, 1.165) is 0 Å². The number of hydrogen-bond donors (Lipinski definition) is 2. The van der Waals surface area contributed by atoms with Crippen LogP contribution in [0.3, 0.4) is 0 Å². The first kappa shape index (κ1) is 13.8. The fourth-order valence-electron chi connectivity index (χ4n) is 1.58. The van der Waals surface area contributed by atoms with E-state index in [4.69, 9.17) is 14.0 Å². The lowest BCUT2D eigenvalue weighted by molar-refractivity contribution is -0.265. The molecule has 16 heavy (non-hydrogen) atoms. The fraction of sp³-hybridized carbons (Fsp3) is 1.00. The average molecular weight is 256 g/mol. The van der Waals surface area contributed by atoms with E-state index < -0.39 is 28.9 Å². The Morgan fingerprint density at radius 1 is 1.31 bits per heavy atom. The maximum Gasteiger partial charge on any atom is 0.397 e. The van der Waals surface area contributed by atoms with E-state index in [1.165, 1.54) is 7.11 Å². The summed E-state index contributed by atoms with van der Waals surface area (Å²) in [5.41, 5.74) is 0. The first-order valence-electron chi connectivity index (χ1n) is 4.78. The topological polar surface area (TPSA) is 102 Å². The van der Waals surface area contributed by atoms with Crippen LogP contribution in [-0.4, -0.2) is 49.8 Å². The summed E-state index contributed by atoms with van der Waals surface area (Å²) in [4.78, 5) is 0. The summed E-state index contributed by atoms with van der Waals surface area (Å²) in [5, 5.41) is 9.81. The summed E-state index contributed by atoms with van der Waals surface area (Å²) in [6.45, 7) is 3.41. The van der Waals surface area contributed by atoms with Crippen LogP contribution in [0, 0.1) is 5.92 Å². The first-order chi connectivity index (χ1) is 7.26.